The van der Waals surface area contributed by atoms with Gasteiger partial charge in [0, 0.05) is 24.4 Å². The Labute approximate surface area is 127 Å². The standard InChI is InChI=1S/C15H15ClN4O/c1-9-4-6-12(16)11-5-7-14(18-15(9)11)20(3)8-13-17-10(2)21-19-13/h4-7H,8H2,1-3H3. The highest BCUT2D eigenvalue weighted by Gasteiger charge is 2.11. The van der Waals surface area contributed by atoms with Gasteiger partial charge in [-0.1, -0.05) is 22.8 Å². The Morgan fingerprint density at radius 3 is 2.67 bits per heavy atom. The third-order valence-electron chi connectivity index (χ3n) is 3.33. The van der Waals surface area contributed by atoms with Gasteiger partial charge in [-0.25, -0.2) is 4.98 Å². The summed E-state index contributed by atoms with van der Waals surface area (Å²) in [4.78, 5) is 10.9. The van der Waals surface area contributed by atoms with E-state index in [1.807, 2.05) is 43.1 Å². The van der Waals surface area contributed by atoms with Gasteiger partial charge in [0.2, 0.25) is 5.89 Å². The molecule has 1 aromatic carbocycles. The number of nitrogens with zero attached hydrogens (tertiary/aromatic N) is 4. The Bertz CT molecular complexity index is 799. The van der Waals surface area contributed by atoms with Crippen LogP contribution in [0.4, 0.5) is 5.82 Å². The summed E-state index contributed by atoms with van der Waals surface area (Å²) in [6, 6.07) is 7.81. The van der Waals surface area contributed by atoms with Crippen LogP contribution in [0, 0.1) is 13.8 Å². The molecular formula is C15H15ClN4O. The number of halogens is 1. The van der Waals surface area contributed by atoms with Gasteiger partial charge in [-0.3, -0.25) is 0 Å². The number of fused-ring (bicyclic) bond motifs is 1. The molecule has 2 heterocycles. The van der Waals surface area contributed by atoms with E-state index in [4.69, 9.17) is 21.1 Å². The van der Waals surface area contributed by atoms with E-state index in [-0.39, 0.29) is 0 Å². The summed E-state index contributed by atoms with van der Waals surface area (Å²) in [7, 11) is 1.94. The van der Waals surface area contributed by atoms with Gasteiger partial charge in [-0.05, 0) is 30.7 Å². The Balaban J connectivity index is 1.95. The van der Waals surface area contributed by atoms with Gasteiger partial charge >= 0.3 is 0 Å². The lowest BCUT2D eigenvalue weighted by atomic mass is 10.1. The average molecular weight is 303 g/mol. The largest absolute Gasteiger partial charge is 0.352 e. The van der Waals surface area contributed by atoms with Crippen molar-refractivity contribution in [1.82, 2.24) is 15.1 Å². The lowest BCUT2D eigenvalue weighted by Crippen LogP contribution is -2.18. The zero-order valence-electron chi connectivity index (χ0n) is 12.1. The molecule has 0 aliphatic heterocycles. The molecule has 108 valence electrons. The van der Waals surface area contributed by atoms with Crippen LogP contribution < -0.4 is 4.90 Å². The molecule has 0 radical (unpaired) electrons. The highest BCUT2D eigenvalue weighted by Crippen LogP contribution is 2.27. The zero-order valence-corrected chi connectivity index (χ0v) is 12.8. The number of pyridine rings is 1. The maximum absolute atomic E-state index is 6.21. The van der Waals surface area contributed by atoms with Crippen LogP contribution in [0.5, 0.6) is 0 Å². The predicted octanol–water partition coefficient (Wildman–Crippen LogP) is 3.52. The quantitative estimate of drug-likeness (QED) is 0.741. The summed E-state index contributed by atoms with van der Waals surface area (Å²) in [5.41, 5.74) is 2.01. The smallest absolute Gasteiger partial charge is 0.223 e. The number of aryl methyl sites for hydroxylation is 2. The van der Waals surface area contributed by atoms with E-state index < -0.39 is 0 Å². The zero-order chi connectivity index (χ0) is 15.0. The third kappa shape index (κ3) is 2.69. The summed E-state index contributed by atoms with van der Waals surface area (Å²) in [6.07, 6.45) is 0. The molecule has 6 heteroatoms. The monoisotopic (exact) mass is 302 g/mol. The molecule has 0 spiro atoms. The second-order valence-corrected chi connectivity index (χ2v) is 5.42. The molecule has 0 saturated heterocycles. The Morgan fingerprint density at radius 1 is 1.14 bits per heavy atom. The van der Waals surface area contributed by atoms with Crippen LogP contribution in [0.15, 0.2) is 28.8 Å². The summed E-state index contributed by atoms with van der Waals surface area (Å²) in [6.45, 7) is 4.34. The minimum Gasteiger partial charge on any atom is -0.352 e. The second kappa shape index (κ2) is 5.33. The molecule has 0 aliphatic carbocycles. The molecule has 0 atom stereocenters. The van der Waals surface area contributed by atoms with Crippen LogP contribution in [0.25, 0.3) is 10.9 Å². The van der Waals surface area contributed by atoms with E-state index >= 15 is 0 Å². The molecule has 0 N–H and O–H groups in total. The number of hydrogen-bond donors (Lipinski definition) is 0. The lowest BCUT2D eigenvalue weighted by molar-refractivity contribution is 0.387. The molecule has 0 aliphatic rings. The van der Waals surface area contributed by atoms with Crippen LogP contribution in [-0.2, 0) is 6.54 Å². The normalized spacial score (nSPS) is 11.0. The van der Waals surface area contributed by atoms with Gasteiger partial charge in [-0.15, -0.1) is 0 Å². The minimum atomic E-state index is 0.537. The lowest BCUT2D eigenvalue weighted by Gasteiger charge is -2.17. The minimum absolute atomic E-state index is 0.537. The number of aromatic nitrogens is 3. The maximum Gasteiger partial charge on any atom is 0.223 e. The van der Waals surface area contributed by atoms with Gasteiger partial charge in [0.25, 0.3) is 0 Å². The molecular weight excluding hydrogens is 288 g/mol. The Hall–Kier alpha value is -2.14. The van der Waals surface area contributed by atoms with Gasteiger partial charge < -0.3 is 9.42 Å². The first-order chi connectivity index (χ1) is 10.0. The van der Waals surface area contributed by atoms with Crippen molar-refractivity contribution in [1.29, 1.82) is 0 Å². The molecule has 0 amide bonds. The van der Waals surface area contributed by atoms with Gasteiger partial charge in [0.05, 0.1) is 12.1 Å². The SMILES string of the molecule is Cc1nc(CN(C)c2ccc3c(Cl)ccc(C)c3n2)no1. The molecule has 2 aromatic heterocycles. The summed E-state index contributed by atoms with van der Waals surface area (Å²) in [5.74, 6) is 2.04. The van der Waals surface area contributed by atoms with E-state index in [9.17, 15) is 0 Å². The molecule has 3 rings (SSSR count). The van der Waals surface area contributed by atoms with Crippen molar-refractivity contribution < 1.29 is 4.52 Å². The molecule has 0 fully saturated rings. The fourth-order valence-electron chi connectivity index (χ4n) is 2.22. The highest BCUT2D eigenvalue weighted by molar-refractivity contribution is 6.35. The van der Waals surface area contributed by atoms with Crippen molar-refractivity contribution in [2.45, 2.75) is 20.4 Å². The Kier molecular flexibility index (Phi) is 3.51. The summed E-state index contributed by atoms with van der Waals surface area (Å²) >= 11 is 6.21. The number of hydrogen-bond acceptors (Lipinski definition) is 5. The molecule has 5 nitrogen and oxygen atoms in total. The van der Waals surface area contributed by atoms with Gasteiger partial charge in [-0.2, -0.15) is 4.98 Å². The van der Waals surface area contributed by atoms with Gasteiger partial charge in [0.15, 0.2) is 5.82 Å². The molecule has 21 heavy (non-hydrogen) atoms. The van der Waals surface area contributed by atoms with Crippen molar-refractivity contribution in [2.24, 2.45) is 0 Å². The second-order valence-electron chi connectivity index (χ2n) is 5.02. The summed E-state index contributed by atoms with van der Waals surface area (Å²) < 4.78 is 4.98. The number of anilines is 1. The predicted molar refractivity (Wildman–Crippen MR) is 82.6 cm³/mol. The van der Waals surface area contributed by atoms with Crippen LogP contribution in [0.1, 0.15) is 17.3 Å². The first-order valence-corrected chi connectivity index (χ1v) is 6.98. The molecule has 0 saturated carbocycles. The van der Waals surface area contributed by atoms with Crippen LogP contribution in [0.3, 0.4) is 0 Å². The molecule has 0 unspecified atom stereocenters. The summed E-state index contributed by atoms with van der Waals surface area (Å²) in [5, 5.41) is 5.57. The fourth-order valence-corrected chi connectivity index (χ4v) is 2.44. The number of rotatable bonds is 3. The molecule has 0 bridgehead atoms. The van der Waals surface area contributed by atoms with E-state index in [0.29, 0.717) is 23.3 Å². The average Bonchev–Trinajstić information content (AvgIpc) is 2.88. The van der Waals surface area contributed by atoms with Crippen molar-refractivity contribution >= 4 is 28.3 Å². The third-order valence-corrected chi connectivity index (χ3v) is 3.66. The van der Waals surface area contributed by atoms with Gasteiger partial charge in [0.1, 0.15) is 5.82 Å². The van der Waals surface area contributed by atoms with E-state index in [0.717, 1.165) is 22.3 Å². The van der Waals surface area contributed by atoms with Crippen LogP contribution in [-0.4, -0.2) is 22.2 Å². The number of benzene rings is 1. The molecule has 3 aromatic rings. The van der Waals surface area contributed by atoms with Crippen LogP contribution >= 0.6 is 11.6 Å². The first-order valence-electron chi connectivity index (χ1n) is 6.61. The van der Waals surface area contributed by atoms with E-state index in [2.05, 4.69) is 10.1 Å². The Morgan fingerprint density at radius 2 is 1.95 bits per heavy atom. The first kappa shape index (κ1) is 13.8. The van der Waals surface area contributed by atoms with Crippen molar-refractivity contribution in [2.75, 3.05) is 11.9 Å². The highest BCUT2D eigenvalue weighted by atomic mass is 35.5. The maximum atomic E-state index is 6.21. The van der Waals surface area contributed by atoms with E-state index in [1.54, 1.807) is 6.92 Å². The fraction of sp³-hybridized carbons (Fsp3) is 0.267. The van der Waals surface area contributed by atoms with Crippen LogP contribution in [0.2, 0.25) is 5.02 Å². The topological polar surface area (TPSA) is 55.1 Å². The van der Waals surface area contributed by atoms with Crippen molar-refractivity contribution in [3.63, 3.8) is 0 Å². The van der Waals surface area contributed by atoms with E-state index in [1.165, 1.54) is 0 Å². The van der Waals surface area contributed by atoms with Crippen molar-refractivity contribution in [3.05, 3.63) is 46.6 Å². The van der Waals surface area contributed by atoms with Crippen molar-refractivity contribution in [3.8, 4) is 0 Å².